The van der Waals surface area contributed by atoms with Gasteiger partial charge in [-0.2, -0.15) is 0 Å². The molecular weight excluding hydrogens is 1710 g/mol. The maximum atomic E-state index is 13.3. The lowest BCUT2D eigenvalue weighted by molar-refractivity contribution is -0.398. The van der Waals surface area contributed by atoms with E-state index in [0.29, 0.717) is 0 Å². The van der Waals surface area contributed by atoms with Crippen LogP contribution >= 0.6 is 0 Å². The third-order valence-electron chi connectivity index (χ3n) is 22.8. The fraction of sp³-hybridized carbons (Fsp3) is 0.929. The van der Waals surface area contributed by atoms with Crippen molar-refractivity contribution in [2.24, 2.45) is 0 Å². The molecule has 5 amide bonds. The summed E-state index contributed by atoms with van der Waals surface area (Å²) in [4.78, 5) is 64.2. The number of aliphatic hydroxyl groups excluding tert-OH is 26. The Morgan fingerprint density at radius 2 is 0.496 bits per heavy atom. The molecule has 0 unspecified atom stereocenters. The number of rotatable bonds is 32. The molecule has 50 atom stereocenters. The first kappa shape index (κ1) is 103. The van der Waals surface area contributed by atoms with Crippen LogP contribution in [0.15, 0.2) is 0 Å². The monoisotopic (exact) mass is 1830 g/mol. The predicted molar refractivity (Wildman–Crippen MR) is 386 cm³/mol. The zero-order valence-electron chi connectivity index (χ0n) is 67.7. The van der Waals surface area contributed by atoms with Crippen LogP contribution in [-0.4, -0.2) is 529 Å². The second-order valence-corrected chi connectivity index (χ2v) is 31.7. The van der Waals surface area contributed by atoms with Crippen molar-refractivity contribution >= 4 is 29.5 Å². The van der Waals surface area contributed by atoms with Crippen LogP contribution in [0.3, 0.4) is 0 Å². The van der Waals surface area contributed by atoms with Gasteiger partial charge in [0.05, 0.1) is 65.6 Å². The number of aliphatic hydroxyl groups is 26. The zero-order chi connectivity index (χ0) is 92.1. The molecule has 0 aliphatic carbocycles. The first-order valence-corrected chi connectivity index (χ1v) is 40.0. The SMILES string of the molecule is CC(=O)N[C@@H]1[C@@H](O)[C@H](O[C@@H]2O[C@H](CO)[C@@H](O[C@@H]3O[C@H](CO[C@H]4O[C@H](CO)[C@@H](O)[C@H](O)[C@@H]4O[C@@H]4O[C@H](CO)[C@@H](O[C@@H]5O[C@H](CO)[C@H](O)[C@H](O)[C@H]5O)[C@H](O)[C@H]4NC(C)=O)[C@@H](O)[C@H](O[C@H]4O[C@H](CO)[C@@H](O)[C@H](O)[C@@H]4O[C@@H]4O[C@H](CO)[C@@H](O[C@@H]5O[C@H](CO)[C@H](O)[C@H](O)[C@H]5NC(C)=O)[C@H](O)[C@H]4NC(C)=O)[C@@H]3O)[C@H](O)[C@H]2NC(C)=O)[C@@H](CO[C@@H]2O[C@@H](C)[C@@H](O)[C@@H](O)[C@@H]2O)O[C@H]1O. The lowest BCUT2D eigenvalue weighted by Gasteiger charge is -2.51. The molecule has 10 aliphatic rings. The summed E-state index contributed by atoms with van der Waals surface area (Å²) in [5.74, 6) is -4.59. The van der Waals surface area contributed by atoms with Crippen molar-refractivity contribution < 1.29 is 247 Å². The number of carbonyl (C=O) groups excluding carboxylic acids is 5. The molecule has 10 aliphatic heterocycles. The van der Waals surface area contributed by atoms with Gasteiger partial charge in [-0.3, -0.25) is 24.0 Å². The minimum atomic E-state index is -2.63. The van der Waals surface area contributed by atoms with Gasteiger partial charge in [-0.25, -0.2) is 0 Å². The molecule has 10 saturated heterocycles. The van der Waals surface area contributed by atoms with Crippen LogP contribution in [0.5, 0.6) is 0 Å². The van der Waals surface area contributed by atoms with Gasteiger partial charge in [0.15, 0.2) is 62.9 Å². The first-order chi connectivity index (χ1) is 59.1. The standard InChI is InChI=1S/C70H117N5O50/c1-16-36(88)47(99)51(103)66(109-16)107-15-30-57(43(95)31(61(106)110-30)71-17(2)83)120-63-33(73-19(4)85)45(97)56(28(13-82)115-63)122-68-53(105)58(123-70-60(50(102)40(92)25(10-79)114-70)125-65-34(74-20(5)86)44(96)54(26(11-80)116-65)119-62-32(72-18(3)84)42(94)37(89)22(7-76)111-62)41(93)29(118-68)14-108-69-59(49(101)39(91)24(9-78)113-69)124-64-35(75-21(6)87)46(98)55(27(12-81)117-64)121-67-52(104)48(100)38(90)23(8-77)112-67/h16,22-70,76-82,88-106H,7-15H2,1-6H3,(H,71,83)(H,72,84)(H,73,85)(H,74,86)(H,75,87)/t16-,22+,23+,24+,25+,26+,27+,28+,29+,30+,31+,32+,33+,34+,35+,36+,37-,38-,39+,40+,41+,42+,43+,44+,45+,46+,47+,48-,49-,50-,51-,52+,53-,54+,55+,56+,57+,58-,59-,60-,61+,62-,63-,64-,65-,66+,67-,68-,69-,70+/m0/s1. The Balaban J connectivity index is 0.989. The molecular formula is C70H117N5O50. The topological polar surface area (TPSA) is 847 Å². The van der Waals surface area contributed by atoms with Gasteiger partial charge in [-0.15, -0.1) is 0 Å². The second-order valence-electron chi connectivity index (χ2n) is 31.7. The fourth-order valence-electron chi connectivity index (χ4n) is 16.2. The highest BCUT2D eigenvalue weighted by Gasteiger charge is 2.62. The molecule has 125 heavy (non-hydrogen) atoms. The molecule has 55 heteroatoms. The summed E-state index contributed by atoms with van der Waals surface area (Å²) in [6, 6.07) is -9.40. The summed E-state index contributed by atoms with van der Waals surface area (Å²) < 4.78 is 114. The molecule has 0 bridgehead atoms. The highest BCUT2D eigenvalue weighted by molar-refractivity contribution is 5.75. The Bertz CT molecular complexity index is 3420. The maximum Gasteiger partial charge on any atom is 0.217 e. The van der Waals surface area contributed by atoms with Crippen molar-refractivity contribution in [1.82, 2.24) is 26.6 Å². The molecule has 0 aromatic carbocycles. The van der Waals surface area contributed by atoms with Crippen LogP contribution in [-0.2, 0) is 114 Å². The molecule has 55 nitrogen and oxygen atoms in total. The quantitative estimate of drug-likeness (QED) is 0.0297. The summed E-state index contributed by atoms with van der Waals surface area (Å²) in [7, 11) is 0. The molecule has 31 N–H and O–H groups in total. The van der Waals surface area contributed by atoms with E-state index in [1.807, 2.05) is 0 Å². The Hall–Kier alpha value is -4.45. The third kappa shape index (κ3) is 23.1. The van der Waals surface area contributed by atoms with Crippen molar-refractivity contribution in [1.29, 1.82) is 0 Å². The Kier molecular flexibility index (Phi) is 36.8. The molecule has 10 fully saturated rings. The summed E-state index contributed by atoms with van der Waals surface area (Å²) in [5, 5.41) is 304. The molecule has 0 spiro atoms. The minimum Gasteiger partial charge on any atom is -0.394 e. The third-order valence-corrected chi connectivity index (χ3v) is 22.8. The summed E-state index contributed by atoms with van der Waals surface area (Å²) in [5.41, 5.74) is 0. The van der Waals surface area contributed by atoms with Crippen LogP contribution in [0.25, 0.3) is 0 Å². The van der Waals surface area contributed by atoms with E-state index < -0.39 is 396 Å². The number of carbonyl (C=O) groups is 5. The van der Waals surface area contributed by atoms with E-state index in [0.717, 1.165) is 34.6 Å². The van der Waals surface area contributed by atoms with Crippen molar-refractivity contribution in [3.05, 3.63) is 0 Å². The minimum absolute atomic E-state index is 0.822. The van der Waals surface area contributed by atoms with Gasteiger partial charge in [-0.05, 0) is 6.92 Å². The highest BCUT2D eigenvalue weighted by Crippen LogP contribution is 2.41. The van der Waals surface area contributed by atoms with E-state index in [1.165, 1.54) is 6.92 Å². The van der Waals surface area contributed by atoms with E-state index in [2.05, 4.69) is 26.6 Å². The summed E-state index contributed by atoms with van der Waals surface area (Å²) in [6.45, 7) is -3.86. The molecule has 0 saturated carbocycles. The molecule has 722 valence electrons. The van der Waals surface area contributed by atoms with E-state index in [-0.39, 0.29) is 0 Å². The van der Waals surface area contributed by atoms with Crippen LogP contribution in [0, 0.1) is 0 Å². The Labute approximate surface area is 708 Å². The van der Waals surface area contributed by atoms with E-state index in [1.54, 1.807) is 0 Å². The van der Waals surface area contributed by atoms with Crippen molar-refractivity contribution in [2.45, 2.75) is 348 Å². The molecule has 0 aromatic heterocycles. The average molecular weight is 1830 g/mol. The van der Waals surface area contributed by atoms with Crippen molar-refractivity contribution in [3.8, 4) is 0 Å². The first-order valence-electron chi connectivity index (χ1n) is 40.0. The number of nitrogens with one attached hydrogen (secondary N) is 5. The van der Waals surface area contributed by atoms with Crippen LogP contribution in [0.1, 0.15) is 41.5 Å². The number of amides is 5. The van der Waals surface area contributed by atoms with Crippen molar-refractivity contribution in [2.75, 3.05) is 59.5 Å². The average Bonchev–Trinajstić information content (AvgIpc) is 0.762. The van der Waals surface area contributed by atoms with Gasteiger partial charge in [0.25, 0.3) is 0 Å². The van der Waals surface area contributed by atoms with Gasteiger partial charge in [-0.1, -0.05) is 0 Å². The summed E-state index contributed by atoms with van der Waals surface area (Å²) >= 11 is 0. The molecule has 0 radical (unpaired) electrons. The van der Waals surface area contributed by atoms with Gasteiger partial charge < -0.3 is 249 Å². The van der Waals surface area contributed by atoms with Crippen LogP contribution in [0.2, 0.25) is 0 Å². The largest absolute Gasteiger partial charge is 0.394 e. The zero-order valence-corrected chi connectivity index (χ0v) is 67.7. The van der Waals surface area contributed by atoms with Crippen LogP contribution < -0.4 is 26.6 Å². The lowest BCUT2D eigenvalue weighted by Crippen LogP contribution is -2.71. The Morgan fingerprint density at radius 3 is 0.912 bits per heavy atom. The molecule has 10 rings (SSSR count). The van der Waals surface area contributed by atoms with Gasteiger partial charge >= 0.3 is 0 Å². The van der Waals surface area contributed by atoms with E-state index in [9.17, 15) is 157 Å². The smallest absolute Gasteiger partial charge is 0.217 e. The Morgan fingerprint density at radius 1 is 0.224 bits per heavy atom. The van der Waals surface area contributed by atoms with Crippen molar-refractivity contribution in [3.63, 3.8) is 0 Å². The van der Waals surface area contributed by atoms with Gasteiger partial charge in [0, 0.05) is 34.6 Å². The molecule has 10 heterocycles. The number of hydrogen-bond acceptors (Lipinski definition) is 50. The lowest BCUT2D eigenvalue weighted by atomic mass is 9.93. The molecule has 0 aromatic rings. The predicted octanol–water partition coefficient (Wildman–Crippen LogP) is -21.1. The number of ether oxygens (including phenoxy) is 19. The van der Waals surface area contributed by atoms with E-state index >= 15 is 0 Å². The maximum absolute atomic E-state index is 13.3. The van der Waals surface area contributed by atoms with Gasteiger partial charge in [0.2, 0.25) is 29.5 Å². The van der Waals surface area contributed by atoms with Crippen LogP contribution in [0.4, 0.5) is 0 Å². The second kappa shape index (κ2) is 44.9. The highest BCUT2D eigenvalue weighted by atomic mass is 16.8. The van der Waals surface area contributed by atoms with E-state index in [4.69, 9.17) is 90.0 Å². The fourth-order valence-corrected chi connectivity index (χ4v) is 16.2. The number of hydrogen-bond donors (Lipinski definition) is 31. The normalized spacial score (nSPS) is 48.7. The van der Waals surface area contributed by atoms with Gasteiger partial charge in [0.1, 0.15) is 238 Å². The summed E-state index contributed by atoms with van der Waals surface area (Å²) in [6.07, 6.45) is -93.1.